The molecule has 0 saturated carbocycles. The van der Waals surface area contributed by atoms with Crippen LogP contribution in [-0.4, -0.2) is 35.5 Å². The highest BCUT2D eigenvalue weighted by Crippen LogP contribution is 2.25. The number of rotatable bonds is 9. The molecule has 0 heterocycles. The van der Waals surface area contributed by atoms with E-state index in [1.54, 1.807) is 48.5 Å². The molecule has 0 aliphatic rings. The number of halogens is 1. The van der Waals surface area contributed by atoms with Crippen LogP contribution in [0, 0.1) is 0 Å². The summed E-state index contributed by atoms with van der Waals surface area (Å²) in [5.74, 6) is -0.511. The van der Waals surface area contributed by atoms with E-state index < -0.39 is 18.2 Å². The Hall–Kier alpha value is -2.84. The largest absolute Gasteiger partial charge is 0.491 e. The lowest BCUT2D eigenvalue weighted by Gasteiger charge is -2.18. The van der Waals surface area contributed by atoms with Crippen LogP contribution in [0.1, 0.15) is 18.1 Å². The Morgan fingerprint density at radius 3 is 2.39 bits per heavy atom. The van der Waals surface area contributed by atoms with E-state index >= 15 is 0 Å². The van der Waals surface area contributed by atoms with Gasteiger partial charge in [-0.1, -0.05) is 34.1 Å². The van der Waals surface area contributed by atoms with Crippen molar-refractivity contribution in [3.8, 4) is 5.75 Å². The van der Waals surface area contributed by atoms with Gasteiger partial charge in [0.2, 0.25) is 0 Å². The van der Waals surface area contributed by atoms with Crippen molar-refractivity contribution in [3.63, 3.8) is 0 Å². The molecule has 0 saturated heterocycles. The molecule has 2 rings (SSSR count). The molecule has 2 aromatic carbocycles. The van der Waals surface area contributed by atoms with Crippen LogP contribution in [0.15, 0.2) is 65.2 Å². The lowest BCUT2D eigenvalue weighted by atomic mass is 10.1. The van der Waals surface area contributed by atoms with Gasteiger partial charge in [-0.15, -0.1) is 0 Å². The fourth-order valence-electron chi connectivity index (χ4n) is 2.30. The summed E-state index contributed by atoms with van der Waals surface area (Å²) in [5.41, 5.74) is 1.25. The van der Waals surface area contributed by atoms with Crippen LogP contribution >= 0.6 is 15.9 Å². The fraction of sp³-hybridized carbons (Fsp3) is 0.200. The molecule has 0 aromatic heterocycles. The van der Waals surface area contributed by atoms with E-state index in [9.17, 15) is 9.59 Å². The van der Waals surface area contributed by atoms with Gasteiger partial charge in [0.25, 0.3) is 0 Å². The predicted octanol–water partition coefficient (Wildman–Crippen LogP) is 4.14. The predicted molar refractivity (Wildman–Crippen MR) is 107 cm³/mol. The molecule has 0 fully saturated rings. The zero-order valence-electron chi connectivity index (χ0n) is 14.9. The van der Waals surface area contributed by atoms with Crippen LogP contribution in [0.25, 0.3) is 0 Å². The number of nitrogens with one attached hydrogen (secondary N) is 1. The van der Waals surface area contributed by atoms with Crippen molar-refractivity contribution < 1.29 is 29.3 Å². The van der Waals surface area contributed by atoms with E-state index in [-0.39, 0.29) is 19.6 Å². The molecule has 1 amide bonds. The Balaban J connectivity index is 2.08. The number of hydrogen-bond donors (Lipinski definition) is 3. The molecule has 148 valence electrons. The Kier molecular flexibility index (Phi) is 8.51. The number of carbonyl (C=O) groups is 2. The van der Waals surface area contributed by atoms with Gasteiger partial charge in [-0.25, -0.2) is 9.59 Å². The number of aliphatic carboxylic acids is 1. The highest BCUT2D eigenvalue weighted by Gasteiger charge is 2.16. The summed E-state index contributed by atoms with van der Waals surface area (Å²) in [7, 11) is 0. The van der Waals surface area contributed by atoms with Crippen molar-refractivity contribution in [1.29, 1.82) is 0 Å². The minimum atomic E-state index is -1.08. The van der Waals surface area contributed by atoms with Crippen molar-refractivity contribution in [2.75, 3.05) is 18.5 Å². The average Bonchev–Trinajstić information content (AvgIpc) is 2.67. The third-order valence-electron chi connectivity index (χ3n) is 3.56. The standard InChI is InChI=1S/C20H20BrNO6/c21-15-6-8-16(9-7-15)22-20(26)28-18(2-1-3-19(24)25)14-4-10-17(11-5-14)27-13-12-23/h1,3-11,18,23H,2,12-13H2,(H,22,26)(H,24,25)/b3-1+/t18-/m1/s1. The number of hydrogen-bond acceptors (Lipinski definition) is 5. The number of anilines is 1. The Bertz CT molecular complexity index is 804. The number of carbonyl (C=O) groups excluding carboxylic acids is 1. The first-order valence-electron chi connectivity index (χ1n) is 8.44. The summed E-state index contributed by atoms with van der Waals surface area (Å²) < 4.78 is 11.7. The number of ether oxygens (including phenoxy) is 2. The average molecular weight is 450 g/mol. The smallest absolute Gasteiger partial charge is 0.412 e. The molecule has 8 heteroatoms. The molecule has 1 atom stereocenters. The summed E-state index contributed by atoms with van der Waals surface area (Å²) in [6.45, 7) is 0.0833. The SMILES string of the molecule is O=C(O)/C=C/C[C@@H](OC(=O)Nc1ccc(Br)cc1)c1ccc(OCCO)cc1. The molecule has 28 heavy (non-hydrogen) atoms. The molecule has 3 N–H and O–H groups in total. The number of aliphatic hydroxyl groups is 1. The lowest BCUT2D eigenvalue weighted by Crippen LogP contribution is -2.17. The summed E-state index contributed by atoms with van der Waals surface area (Å²) in [5, 5.41) is 20.2. The zero-order chi connectivity index (χ0) is 20.4. The molecular weight excluding hydrogens is 430 g/mol. The normalized spacial score (nSPS) is 11.8. The molecule has 0 spiro atoms. The molecule has 7 nitrogen and oxygen atoms in total. The van der Waals surface area contributed by atoms with Crippen LogP contribution in [0.4, 0.5) is 10.5 Å². The van der Waals surface area contributed by atoms with Gasteiger partial charge in [-0.2, -0.15) is 0 Å². The Morgan fingerprint density at radius 2 is 1.79 bits per heavy atom. The quantitative estimate of drug-likeness (QED) is 0.496. The maximum atomic E-state index is 12.2. The van der Waals surface area contributed by atoms with Gasteiger partial charge in [-0.3, -0.25) is 5.32 Å². The number of benzene rings is 2. The van der Waals surface area contributed by atoms with E-state index in [0.717, 1.165) is 10.5 Å². The van der Waals surface area contributed by atoms with Crippen molar-refractivity contribution in [3.05, 3.63) is 70.7 Å². The second-order valence-electron chi connectivity index (χ2n) is 5.64. The number of carboxylic acids is 1. The third-order valence-corrected chi connectivity index (χ3v) is 4.09. The van der Waals surface area contributed by atoms with Crippen molar-refractivity contribution in [2.24, 2.45) is 0 Å². The van der Waals surface area contributed by atoms with Crippen LogP contribution in [0.2, 0.25) is 0 Å². The summed E-state index contributed by atoms with van der Waals surface area (Å²) in [4.78, 5) is 23.0. The first-order chi connectivity index (χ1) is 13.5. The fourth-order valence-corrected chi connectivity index (χ4v) is 2.56. The second-order valence-corrected chi connectivity index (χ2v) is 6.56. The highest BCUT2D eigenvalue weighted by molar-refractivity contribution is 9.10. The molecule has 0 radical (unpaired) electrons. The molecule has 0 aliphatic heterocycles. The van der Waals surface area contributed by atoms with Crippen LogP contribution in [0.3, 0.4) is 0 Å². The van der Waals surface area contributed by atoms with Crippen LogP contribution in [0.5, 0.6) is 5.75 Å². The van der Waals surface area contributed by atoms with Gasteiger partial charge in [0.1, 0.15) is 18.5 Å². The van der Waals surface area contributed by atoms with Crippen LogP contribution in [-0.2, 0) is 9.53 Å². The van der Waals surface area contributed by atoms with E-state index in [2.05, 4.69) is 21.2 Å². The Labute approximate surface area is 170 Å². The topological polar surface area (TPSA) is 105 Å². The summed E-state index contributed by atoms with van der Waals surface area (Å²) >= 11 is 3.32. The maximum absolute atomic E-state index is 12.2. The maximum Gasteiger partial charge on any atom is 0.412 e. The van der Waals surface area contributed by atoms with Gasteiger partial charge >= 0.3 is 12.1 Å². The van der Waals surface area contributed by atoms with Gasteiger partial charge in [0, 0.05) is 22.7 Å². The van der Waals surface area contributed by atoms with Gasteiger partial charge in [-0.05, 0) is 42.0 Å². The highest BCUT2D eigenvalue weighted by atomic mass is 79.9. The molecule has 0 bridgehead atoms. The number of amides is 1. The minimum absolute atomic E-state index is 0.0936. The molecule has 2 aromatic rings. The van der Waals surface area contributed by atoms with Crippen molar-refractivity contribution in [2.45, 2.75) is 12.5 Å². The lowest BCUT2D eigenvalue weighted by molar-refractivity contribution is -0.131. The minimum Gasteiger partial charge on any atom is -0.491 e. The number of carboxylic acid groups (broad SMARTS) is 1. The third kappa shape index (κ3) is 7.42. The van der Waals surface area contributed by atoms with Gasteiger partial charge < -0.3 is 19.7 Å². The molecular formula is C20H20BrNO6. The Morgan fingerprint density at radius 1 is 1.11 bits per heavy atom. The molecule has 0 unspecified atom stereocenters. The van der Waals surface area contributed by atoms with E-state index in [1.165, 1.54) is 6.08 Å². The van der Waals surface area contributed by atoms with Gasteiger partial charge in [0.05, 0.1) is 6.61 Å². The first kappa shape index (κ1) is 21.5. The van der Waals surface area contributed by atoms with Crippen molar-refractivity contribution >= 4 is 33.7 Å². The number of aliphatic hydroxyl groups excluding tert-OH is 1. The monoisotopic (exact) mass is 449 g/mol. The van der Waals surface area contributed by atoms with Crippen molar-refractivity contribution in [1.82, 2.24) is 0 Å². The van der Waals surface area contributed by atoms with Gasteiger partial charge in [0.15, 0.2) is 0 Å². The van der Waals surface area contributed by atoms with E-state index in [0.29, 0.717) is 17.0 Å². The summed E-state index contributed by atoms with van der Waals surface area (Å²) in [6, 6.07) is 13.8. The summed E-state index contributed by atoms with van der Waals surface area (Å²) in [6.07, 6.45) is 1.28. The molecule has 0 aliphatic carbocycles. The van der Waals surface area contributed by atoms with Crippen LogP contribution < -0.4 is 10.1 Å². The first-order valence-corrected chi connectivity index (χ1v) is 9.23. The second kappa shape index (κ2) is 11.1. The van der Waals surface area contributed by atoms with E-state index in [4.69, 9.17) is 19.7 Å². The zero-order valence-corrected chi connectivity index (χ0v) is 16.5. The van der Waals surface area contributed by atoms with E-state index in [1.807, 2.05) is 0 Å².